The minimum absolute atomic E-state index is 0. The molecule has 26 heavy (non-hydrogen) atoms. The maximum atomic E-state index is 11.7. The number of nitrogens with one attached hydrogen (secondary N) is 1. The van der Waals surface area contributed by atoms with Crippen LogP contribution in [0.2, 0.25) is 0 Å². The molecule has 0 amide bonds. The third-order valence-electron chi connectivity index (χ3n) is 4.79. The quantitative estimate of drug-likeness (QED) is 0.196. The standard InChI is InChI=1S/C21H43NO2S.Cu/c1-5-7-9-11-13-15-17-22-19(20(23)24)21(3,4)25-18-16-14-12-10-8-6-2;/h19,22H,5-18H2,1-4H3,(H,23,24);/t19-;/m0./s1. The Morgan fingerprint density at radius 2 is 1.35 bits per heavy atom. The smallest absolute Gasteiger partial charge is 0.322 e. The summed E-state index contributed by atoms with van der Waals surface area (Å²) in [5.41, 5.74) is 0. The van der Waals surface area contributed by atoms with Crippen LogP contribution in [0.15, 0.2) is 0 Å². The van der Waals surface area contributed by atoms with Crippen LogP contribution in [0.25, 0.3) is 0 Å². The second-order valence-corrected chi connectivity index (χ2v) is 9.46. The van der Waals surface area contributed by atoms with E-state index in [1.807, 2.05) is 11.8 Å². The van der Waals surface area contributed by atoms with Crippen molar-refractivity contribution in [3.05, 3.63) is 0 Å². The normalized spacial score (nSPS) is 12.6. The van der Waals surface area contributed by atoms with E-state index in [1.54, 1.807) is 0 Å². The van der Waals surface area contributed by atoms with Gasteiger partial charge in [0.05, 0.1) is 0 Å². The largest absolute Gasteiger partial charge is 0.480 e. The second kappa shape index (κ2) is 18.7. The number of hydrogen-bond donors (Lipinski definition) is 2. The van der Waals surface area contributed by atoms with E-state index < -0.39 is 12.0 Å². The number of hydrogen-bond acceptors (Lipinski definition) is 3. The topological polar surface area (TPSA) is 49.3 Å². The minimum atomic E-state index is -0.716. The van der Waals surface area contributed by atoms with Crippen molar-refractivity contribution in [1.29, 1.82) is 0 Å². The van der Waals surface area contributed by atoms with Crippen molar-refractivity contribution in [1.82, 2.24) is 5.32 Å². The van der Waals surface area contributed by atoms with Gasteiger partial charge in [0, 0.05) is 21.8 Å². The molecule has 0 saturated carbocycles. The molecular weight excluding hydrogens is 394 g/mol. The van der Waals surface area contributed by atoms with Crippen LogP contribution >= 0.6 is 11.8 Å². The van der Waals surface area contributed by atoms with E-state index in [9.17, 15) is 9.90 Å². The molecule has 0 rings (SSSR count). The van der Waals surface area contributed by atoms with Gasteiger partial charge < -0.3 is 10.4 Å². The first kappa shape index (κ1) is 28.5. The van der Waals surface area contributed by atoms with Gasteiger partial charge in [0.1, 0.15) is 6.04 Å². The van der Waals surface area contributed by atoms with E-state index in [-0.39, 0.29) is 21.8 Å². The van der Waals surface area contributed by atoms with Crippen LogP contribution in [0, 0.1) is 0 Å². The summed E-state index contributed by atoms with van der Waals surface area (Å²) in [6, 6.07) is -0.465. The van der Waals surface area contributed by atoms with Crippen LogP contribution in [0.3, 0.4) is 0 Å². The van der Waals surface area contributed by atoms with E-state index in [4.69, 9.17) is 0 Å². The van der Waals surface area contributed by atoms with Gasteiger partial charge in [-0.25, -0.2) is 0 Å². The number of thioether (sulfide) groups is 1. The molecule has 0 spiro atoms. The minimum Gasteiger partial charge on any atom is -0.480 e. The second-order valence-electron chi connectivity index (χ2n) is 7.71. The maximum Gasteiger partial charge on any atom is 0.322 e. The average Bonchev–Trinajstić information content (AvgIpc) is 2.56. The van der Waals surface area contributed by atoms with Gasteiger partial charge in [-0.05, 0) is 39.0 Å². The molecule has 3 nitrogen and oxygen atoms in total. The van der Waals surface area contributed by atoms with Gasteiger partial charge in [-0.3, -0.25) is 4.79 Å². The molecule has 161 valence electrons. The Bertz CT molecular complexity index is 327. The Balaban J connectivity index is 0. The van der Waals surface area contributed by atoms with Crippen molar-refractivity contribution in [2.24, 2.45) is 0 Å². The van der Waals surface area contributed by atoms with Gasteiger partial charge in [0.25, 0.3) is 0 Å². The third-order valence-corrected chi connectivity index (χ3v) is 6.27. The SMILES string of the molecule is CCCCCCCCN[C@@H](C(=O)O)C(C)(C)SCCCCCCCC.[Cu]. The first-order valence-electron chi connectivity index (χ1n) is 10.6. The third kappa shape index (κ3) is 15.4. The summed E-state index contributed by atoms with van der Waals surface area (Å²) in [4.78, 5) is 11.7. The number of carboxylic acids is 1. The molecule has 0 unspecified atom stereocenters. The van der Waals surface area contributed by atoms with Crippen molar-refractivity contribution in [2.75, 3.05) is 12.3 Å². The van der Waals surface area contributed by atoms with Crippen LogP contribution in [-0.2, 0) is 21.9 Å². The summed E-state index contributed by atoms with van der Waals surface area (Å²) in [5, 5.41) is 12.9. The van der Waals surface area contributed by atoms with Gasteiger partial charge in [-0.15, -0.1) is 0 Å². The van der Waals surface area contributed by atoms with E-state index in [0.717, 1.165) is 18.7 Å². The molecule has 1 atom stereocenters. The van der Waals surface area contributed by atoms with Crippen molar-refractivity contribution < 1.29 is 27.0 Å². The van der Waals surface area contributed by atoms with Crippen molar-refractivity contribution in [3.63, 3.8) is 0 Å². The fourth-order valence-corrected chi connectivity index (χ4v) is 4.31. The summed E-state index contributed by atoms with van der Waals surface area (Å²) < 4.78 is -0.266. The molecule has 0 aromatic rings. The molecule has 0 aromatic heterocycles. The maximum absolute atomic E-state index is 11.7. The average molecular weight is 437 g/mol. The van der Waals surface area contributed by atoms with Crippen LogP contribution in [0.5, 0.6) is 0 Å². The Morgan fingerprint density at radius 3 is 1.85 bits per heavy atom. The zero-order valence-electron chi connectivity index (χ0n) is 17.5. The summed E-state index contributed by atoms with van der Waals surface area (Å²) in [6.07, 6.45) is 15.2. The van der Waals surface area contributed by atoms with Gasteiger partial charge in [-0.2, -0.15) is 11.8 Å². The molecule has 0 heterocycles. The molecule has 0 saturated heterocycles. The molecule has 0 aliphatic rings. The molecule has 0 fully saturated rings. The molecule has 0 bridgehead atoms. The van der Waals surface area contributed by atoms with Crippen LogP contribution in [0.1, 0.15) is 105 Å². The molecule has 2 N–H and O–H groups in total. The predicted octanol–water partition coefficient (Wildman–Crippen LogP) is 6.26. The first-order chi connectivity index (χ1) is 12.0. The Hall–Kier alpha value is 0.299. The zero-order valence-corrected chi connectivity index (χ0v) is 19.3. The summed E-state index contributed by atoms with van der Waals surface area (Å²) in [6.45, 7) is 9.42. The van der Waals surface area contributed by atoms with Gasteiger partial charge >= 0.3 is 5.97 Å². The Kier molecular flexibility index (Phi) is 20.5. The summed E-state index contributed by atoms with van der Waals surface area (Å²) >= 11 is 1.81. The van der Waals surface area contributed by atoms with Crippen molar-refractivity contribution in [3.8, 4) is 0 Å². The molecule has 1 radical (unpaired) electrons. The zero-order chi connectivity index (χ0) is 19.0. The fraction of sp³-hybridized carbons (Fsp3) is 0.952. The fourth-order valence-electron chi connectivity index (χ4n) is 3.08. The summed E-state index contributed by atoms with van der Waals surface area (Å²) in [5.74, 6) is 0.341. The monoisotopic (exact) mass is 436 g/mol. The molecule has 0 aromatic carbocycles. The Morgan fingerprint density at radius 1 is 0.885 bits per heavy atom. The van der Waals surface area contributed by atoms with Gasteiger partial charge in [0.15, 0.2) is 0 Å². The Labute approximate surface area is 177 Å². The van der Waals surface area contributed by atoms with Gasteiger partial charge in [0.2, 0.25) is 0 Å². The van der Waals surface area contributed by atoms with Crippen LogP contribution in [-0.4, -0.2) is 34.2 Å². The van der Waals surface area contributed by atoms with E-state index >= 15 is 0 Å². The van der Waals surface area contributed by atoms with Crippen molar-refractivity contribution >= 4 is 17.7 Å². The number of rotatable bonds is 18. The molecule has 0 aliphatic heterocycles. The van der Waals surface area contributed by atoms with E-state index in [2.05, 4.69) is 33.0 Å². The van der Waals surface area contributed by atoms with Crippen LogP contribution in [0.4, 0.5) is 0 Å². The molecule has 5 heteroatoms. The van der Waals surface area contributed by atoms with Crippen LogP contribution < -0.4 is 5.32 Å². The van der Waals surface area contributed by atoms with Crippen molar-refractivity contribution in [2.45, 2.75) is 116 Å². The number of carboxylic acid groups (broad SMARTS) is 1. The first-order valence-corrected chi connectivity index (χ1v) is 11.5. The summed E-state index contributed by atoms with van der Waals surface area (Å²) in [7, 11) is 0. The molecule has 0 aliphatic carbocycles. The number of aliphatic carboxylic acids is 1. The number of unbranched alkanes of at least 4 members (excludes halogenated alkanes) is 10. The van der Waals surface area contributed by atoms with Gasteiger partial charge in [-0.1, -0.05) is 78.1 Å². The van der Waals surface area contributed by atoms with E-state index in [0.29, 0.717) is 0 Å². The molecular formula is C21H43CuNO2S. The number of carbonyl (C=O) groups is 1. The predicted molar refractivity (Wildman–Crippen MR) is 113 cm³/mol. The van der Waals surface area contributed by atoms with E-state index in [1.165, 1.54) is 70.6 Å².